The van der Waals surface area contributed by atoms with E-state index >= 15 is 8.78 Å². The number of nitrogens with two attached hydrogens (primary N) is 1. The molecule has 0 saturated carbocycles. The van der Waals surface area contributed by atoms with E-state index in [1.165, 1.54) is 42.5 Å². The van der Waals surface area contributed by atoms with Gasteiger partial charge in [-0.1, -0.05) is 24.3 Å². The Morgan fingerprint density at radius 3 is 2.43 bits per heavy atom. The van der Waals surface area contributed by atoms with Crippen molar-refractivity contribution in [3.63, 3.8) is 0 Å². The first-order valence-corrected chi connectivity index (χ1v) is 14.0. The molecule has 13 heteroatoms. The minimum absolute atomic E-state index is 0.0416. The minimum atomic E-state index is -1.33. The van der Waals surface area contributed by atoms with Crippen molar-refractivity contribution >= 4 is 23.7 Å². The van der Waals surface area contributed by atoms with Gasteiger partial charge in [0, 0.05) is 30.8 Å². The molecule has 1 aromatic heterocycles. The van der Waals surface area contributed by atoms with E-state index in [0.29, 0.717) is 12.1 Å². The fourth-order valence-electron chi connectivity index (χ4n) is 4.35. The largest absolute Gasteiger partial charge is 0.504 e. The van der Waals surface area contributed by atoms with Crippen molar-refractivity contribution in [2.24, 2.45) is 10.7 Å². The molecule has 2 heterocycles. The Morgan fingerprint density at radius 1 is 1.02 bits per heavy atom. The van der Waals surface area contributed by atoms with Crippen LogP contribution < -0.4 is 19.9 Å². The Balaban J connectivity index is 1.51. The van der Waals surface area contributed by atoms with Gasteiger partial charge in [0.2, 0.25) is 17.4 Å². The highest BCUT2D eigenvalue weighted by Crippen LogP contribution is 2.41. The monoisotopic (exact) mass is 629 g/mol. The van der Waals surface area contributed by atoms with E-state index in [4.69, 9.17) is 30.1 Å². The Morgan fingerprint density at radius 2 is 1.76 bits per heavy atom. The molecule has 11 nitrogen and oxygen atoms in total. The number of carbonyl (C=O) groups excluding carboxylic acids is 1. The lowest BCUT2D eigenvalue weighted by molar-refractivity contribution is -0.137. The van der Waals surface area contributed by atoms with Gasteiger partial charge in [-0.2, -0.15) is 13.8 Å². The lowest BCUT2D eigenvalue weighted by atomic mass is 10.2. The lowest BCUT2D eigenvalue weighted by Crippen LogP contribution is -2.23. The highest BCUT2D eigenvalue weighted by Gasteiger charge is 2.27. The summed E-state index contributed by atoms with van der Waals surface area (Å²) in [6.45, 7) is 3.30. The molecule has 0 saturated heterocycles. The predicted molar refractivity (Wildman–Crippen MR) is 166 cm³/mol. The highest BCUT2D eigenvalue weighted by molar-refractivity contribution is 6.00. The van der Waals surface area contributed by atoms with E-state index in [1.54, 1.807) is 37.3 Å². The fraction of sp³-hybridized carbons (Fsp3) is 0.152. The SMILES string of the molecule is CCOC(=O)/C=C/c1ccc(Oc2c(F)c(Oc3cccc(C4=NCCN4C)c3)nc(Oc3cc(C(=N)N)ccc3O)c2F)cc1. The third kappa shape index (κ3) is 7.21. The van der Waals surface area contributed by atoms with Crippen LogP contribution in [0.3, 0.4) is 0 Å². The van der Waals surface area contributed by atoms with Crippen molar-refractivity contribution in [2.75, 3.05) is 26.7 Å². The molecule has 0 bridgehead atoms. The number of benzene rings is 3. The second kappa shape index (κ2) is 13.8. The van der Waals surface area contributed by atoms with Crippen LogP contribution in [0.15, 0.2) is 77.8 Å². The Bertz CT molecular complexity index is 1850. The summed E-state index contributed by atoms with van der Waals surface area (Å²) in [5, 5.41) is 18.0. The van der Waals surface area contributed by atoms with Gasteiger partial charge < -0.3 is 34.7 Å². The van der Waals surface area contributed by atoms with Crippen molar-refractivity contribution in [3.05, 3.63) is 101 Å². The number of nitrogens with zero attached hydrogens (tertiary/aromatic N) is 3. The summed E-state index contributed by atoms with van der Waals surface area (Å²) in [6, 6.07) is 16.5. The van der Waals surface area contributed by atoms with Crippen molar-refractivity contribution in [1.29, 1.82) is 5.41 Å². The highest BCUT2D eigenvalue weighted by atomic mass is 19.1. The van der Waals surface area contributed by atoms with Crippen LogP contribution >= 0.6 is 0 Å². The number of rotatable bonds is 11. The average molecular weight is 630 g/mol. The maximum Gasteiger partial charge on any atom is 0.330 e. The number of nitrogen functional groups attached to an aromatic ring is 1. The van der Waals surface area contributed by atoms with Gasteiger partial charge in [-0.15, -0.1) is 0 Å². The Hall–Kier alpha value is -5.98. The first kappa shape index (κ1) is 31.4. The molecule has 236 valence electrons. The zero-order valence-corrected chi connectivity index (χ0v) is 24.8. The maximum absolute atomic E-state index is 15.9. The molecule has 1 aliphatic rings. The first-order valence-electron chi connectivity index (χ1n) is 14.0. The van der Waals surface area contributed by atoms with E-state index < -0.39 is 40.9 Å². The van der Waals surface area contributed by atoms with Crippen LogP contribution in [-0.4, -0.2) is 59.4 Å². The van der Waals surface area contributed by atoms with Crippen LogP contribution in [0.5, 0.6) is 40.5 Å². The number of carbonyl (C=O) groups is 1. The van der Waals surface area contributed by atoms with Gasteiger partial charge in [-0.05, 0) is 61.0 Å². The van der Waals surface area contributed by atoms with Gasteiger partial charge in [0.05, 0.1) is 13.2 Å². The minimum Gasteiger partial charge on any atom is -0.504 e. The molecule has 0 aliphatic carbocycles. The standard InChI is InChI=1S/C33H29F2N5O6/c1-3-43-26(42)14-9-19-7-11-22(12-8-19)44-29-27(34)32(45-23-6-4-5-21(17-23)31-38-15-16-40(31)2)39-33(28(29)35)46-25-18-20(30(36)37)10-13-24(25)41/h4-14,17-18,41H,3,15-16H2,1-2H3,(H3,36,37)/b14-9+. The van der Waals surface area contributed by atoms with Crippen molar-refractivity contribution in [2.45, 2.75) is 6.92 Å². The van der Waals surface area contributed by atoms with Gasteiger partial charge >= 0.3 is 5.97 Å². The zero-order chi connectivity index (χ0) is 32.8. The molecular formula is C33H29F2N5O6. The third-order valence-electron chi connectivity index (χ3n) is 6.62. The first-order chi connectivity index (χ1) is 22.1. The number of halogens is 2. The van der Waals surface area contributed by atoms with Gasteiger partial charge in [0.1, 0.15) is 23.2 Å². The van der Waals surface area contributed by atoms with Crippen molar-refractivity contribution in [3.8, 4) is 40.5 Å². The van der Waals surface area contributed by atoms with Crippen LogP contribution in [0.25, 0.3) is 6.08 Å². The number of ether oxygens (including phenoxy) is 4. The molecule has 4 N–H and O–H groups in total. The molecular weight excluding hydrogens is 600 g/mol. The third-order valence-corrected chi connectivity index (χ3v) is 6.62. The van der Waals surface area contributed by atoms with Crippen LogP contribution in [0.1, 0.15) is 23.6 Å². The summed E-state index contributed by atoms with van der Waals surface area (Å²) < 4.78 is 53.6. The molecule has 4 aromatic rings. The number of aliphatic imine (C=N–C) groups is 1. The van der Waals surface area contributed by atoms with Crippen LogP contribution in [0, 0.1) is 17.0 Å². The number of hydrogen-bond donors (Lipinski definition) is 3. The lowest BCUT2D eigenvalue weighted by Gasteiger charge is -2.16. The van der Waals surface area contributed by atoms with E-state index in [-0.39, 0.29) is 35.3 Å². The van der Waals surface area contributed by atoms with Crippen LogP contribution in [0.2, 0.25) is 0 Å². The number of nitrogens with one attached hydrogen (secondary N) is 1. The van der Waals surface area contributed by atoms with Crippen molar-refractivity contribution < 1.29 is 37.6 Å². The van der Waals surface area contributed by atoms with Gasteiger partial charge in [0.15, 0.2) is 11.5 Å². The van der Waals surface area contributed by atoms with Crippen molar-refractivity contribution in [1.82, 2.24) is 9.88 Å². The van der Waals surface area contributed by atoms with Gasteiger partial charge in [-0.3, -0.25) is 10.4 Å². The number of amidine groups is 2. The van der Waals surface area contributed by atoms with E-state index in [1.807, 2.05) is 18.0 Å². The number of hydrogen-bond acceptors (Lipinski definition) is 10. The number of phenolic OH excluding ortho intramolecular Hbond substituents is 1. The number of aromatic hydroxyl groups is 1. The zero-order valence-electron chi connectivity index (χ0n) is 24.8. The second-order valence-electron chi connectivity index (χ2n) is 9.89. The Labute approximate surface area is 262 Å². The number of esters is 1. The fourth-order valence-corrected chi connectivity index (χ4v) is 4.35. The van der Waals surface area contributed by atoms with E-state index in [2.05, 4.69) is 9.98 Å². The number of pyridine rings is 1. The molecule has 0 fully saturated rings. The normalized spacial score (nSPS) is 12.6. The topological polar surface area (TPSA) is 153 Å². The quantitative estimate of drug-likeness (QED) is 0.0785. The average Bonchev–Trinajstić information content (AvgIpc) is 3.48. The smallest absolute Gasteiger partial charge is 0.330 e. The summed E-state index contributed by atoms with van der Waals surface area (Å²) in [5.41, 5.74) is 7.04. The van der Waals surface area contributed by atoms with Crippen LogP contribution in [0.4, 0.5) is 8.78 Å². The molecule has 5 rings (SSSR count). The van der Waals surface area contributed by atoms with E-state index in [9.17, 15) is 9.90 Å². The van der Waals surface area contributed by atoms with Gasteiger partial charge in [-0.25, -0.2) is 4.79 Å². The molecule has 0 unspecified atom stereocenters. The molecule has 0 radical (unpaired) electrons. The van der Waals surface area contributed by atoms with Crippen LogP contribution in [-0.2, 0) is 9.53 Å². The molecule has 0 atom stereocenters. The number of phenols is 1. The summed E-state index contributed by atoms with van der Waals surface area (Å²) in [7, 11) is 1.90. The molecule has 0 amide bonds. The molecule has 0 spiro atoms. The van der Waals surface area contributed by atoms with Gasteiger partial charge in [0.25, 0.3) is 11.8 Å². The summed E-state index contributed by atoms with van der Waals surface area (Å²) in [4.78, 5) is 22.0. The predicted octanol–water partition coefficient (Wildman–Crippen LogP) is 5.99. The summed E-state index contributed by atoms with van der Waals surface area (Å²) in [6.07, 6.45) is 2.76. The summed E-state index contributed by atoms with van der Waals surface area (Å²) >= 11 is 0. The summed E-state index contributed by atoms with van der Waals surface area (Å²) in [5.74, 6) is -5.58. The maximum atomic E-state index is 15.9. The Kier molecular flexibility index (Phi) is 9.41. The second-order valence-corrected chi connectivity index (χ2v) is 9.89. The van der Waals surface area contributed by atoms with E-state index in [0.717, 1.165) is 17.9 Å². The number of aromatic nitrogens is 1. The molecule has 3 aromatic carbocycles. The molecule has 46 heavy (non-hydrogen) atoms. The molecule has 1 aliphatic heterocycles. The number of likely N-dealkylation sites (N-methyl/N-ethyl adjacent to an activating group) is 1.